The highest BCUT2D eigenvalue weighted by Crippen LogP contribution is 2.29. The van der Waals surface area contributed by atoms with Crippen molar-refractivity contribution in [1.82, 2.24) is 10.9 Å². The SMILES string of the molecule is CC.CC.CC.NNC(=O)/C=C/c1ccccc1.O=C(/C=C/c1ccccc1)N/N=C1\CCCc2oc([N+](=O)[O-])cc21.O=C(O)/C=C/c1ccccc1.O=C1CCCc2oc([N+](=O)[O-])cc21. The van der Waals surface area contributed by atoms with Crippen LogP contribution < -0.4 is 16.7 Å². The first kappa shape index (κ1) is 56.0. The minimum Gasteiger partial charge on any atom is -0.478 e. The van der Waals surface area contributed by atoms with Crippen molar-refractivity contribution < 1.29 is 43.0 Å². The number of hydrazone groups is 1. The molecule has 2 aromatic heterocycles. The molecule has 66 heavy (non-hydrogen) atoms. The molecule has 5 N–H and O–H groups in total. The van der Waals surface area contributed by atoms with Gasteiger partial charge in [0.05, 0.1) is 23.4 Å². The Hall–Kier alpha value is -8.05. The van der Waals surface area contributed by atoms with E-state index in [0.717, 1.165) is 35.6 Å². The number of nitrogens with one attached hydrogen (secondary N) is 2. The van der Waals surface area contributed by atoms with Crippen LogP contribution in [0.25, 0.3) is 18.2 Å². The van der Waals surface area contributed by atoms with Gasteiger partial charge < -0.3 is 13.9 Å². The van der Waals surface area contributed by atoms with Gasteiger partial charge in [0, 0.05) is 43.1 Å². The molecule has 2 heterocycles. The van der Waals surface area contributed by atoms with Crippen molar-refractivity contribution >= 4 is 59.3 Å². The highest BCUT2D eigenvalue weighted by atomic mass is 16.7. The number of benzene rings is 3. The first-order valence-corrected chi connectivity index (χ1v) is 21.3. The second-order valence-electron chi connectivity index (χ2n) is 12.6. The summed E-state index contributed by atoms with van der Waals surface area (Å²) >= 11 is 0. The van der Waals surface area contributed by atoms with Crippen molar-refractivity contribution in [3.8, 4) is 0 Å². The van der Waals surface area contributed by atoms with Gasteiger partial charge in [-0.05, 0) is 54.2 Å². The van der Waals surface area contributed by atoms with E-state index in [2.05, 4.69) is 10.5 Å². The summed E-state index contributed by atoms with van der Waals surface area (Å²) in [5.74, 6) is 3.60. The number of aryl methyl sites for hydroxylation is 2. The van der Waals surface area contributed by atoms with Crippen LogP contribution in [0.2, 0.25) is 0 Å². The summed E-state index contributed by atoms with van der Waals surface area (Å²) in [6, 6.07) is 30.8. The Morgan fingerprint density at radius 2 is 1.02 bits per heavy atom. The quantitative estimate of drug-likeness (QED) is 0.0354. The fourth-order valence-electron chi connectivity index (χ4n) is 5.48. The predicted octanol–water partition coefficient (Wildman–Crippen LogP) is 10.3. The lowest BCUT2D eigenvalue weighted by Crippen LogP contribution is -2.27. The van der Waals surface area contributed by atoms with Crippen LogP contribution in [0.4, 0.5) is 11.8 Å². The Labute approximate surface area is 384 Å². The van der Waals surface area contributed by atoms with E-state index >= 15 is 0 Å². The maximum atomic E-state index is 11.8. The number of Topliss-reactive ketones (excluding diaryl/α,β-unsaturated/α-hetero) is 1. The van der Waals surface area contributed by atoms with Crippen LogP contribution in [-0.2, 0) is 27.2 Å². The third-order valence-corrected chi connectivity index (χ3v) is 8.30. The fourth-order valence-corrected chi connectivity index (χ4v) is 5.48. The maximum absolute atomic E-state index is 11.8. The molecule has 2 aliphatic carbocycles. The van der Waals surface area contributed by atoms with Gasteiger partial charge >= 0.3 is 17.7 Å². The number of nitrogens with zero attached hydrogens (tertiary/aromatic N) is 3. The molecule has 3 aromatic carbocycles. The summed E-state index contributed by atoms with van der Waals surface area (Å²) in [6.07, 6.45) is 12.7. The molecule has 0 radical (unpaired) electrons. The van der Waals surface area contributed by atoms with E-state index in [1.807, 2.05) is 138 Å². The number of ketones is 1. The van der Waals surface area contributed by atoms with Crippen LogP contribution in [0.15, 0.2) is 135 Å². The summed E-state index contributed by atoms with van der Waals surface area (Å²) in [5.41, 5.74) is 8.82. The van der Waals surface area contributed by atoms with Crippen LogP contribution >= 0.6 is 0 Å². The lowest BCUT2D eigenvalue weighted by molar-refractivity contribution is -0.402. The van der Waals surface area contributed by atoms with Crippen LogP contribution in [0.3, 0.4) is 0 Å². The number of amides is 2. The van der Waals surface area contributed by atoms with Gasteiger partial charge in [0.1, 0.15) is 21.4 Å². The zero-order chi connectivity index (χ0) is 49.3. The second kappa shape index (κ2) is 32.6. The van der Waals surface area contributed by atoms with Crippen molar-refractivity contribution in [2.75, 3.05) is 0 Å². The Bertz CT molecular complexity index is 2390. The van der Waals surface area contributed by atoms with E-state index in [9.17, 15) is 39.4 Å². The highest BCUT2D eigenvalue weighted by molar-refractivity contribution is 6.03. The van der Waals surface area contributed by atoms with Crippen LogP contribution in [0.5, 0.6) is 0 Å². The molecular formula is C49H58N6O11. The number of carboxylic acids is 1. The summed E-state index contributed by atoms with van der Waals surface area (Å²) in [6.45, 7) is 12.0. The molecular weight excluding hydrogens is 849 g/mol. The normalized spacial score (nSPS) is 12.5. The van der Waals surface area contributed by atoms with Crippen molar-refractivity contribution in [2.24, 2.45) is 10.9 Å². The molecule has 0 aliphatic heterocycles. The molecule has 2 amide bonds. The number of hydrogen-bond donors (Lipinski definition) is 4. The van der Waals surface area contributed by atoms with Crippen LogP contribution in [-0.4, -0.2) is 44.2 Å². The minimum absolute atomic E-state index is 0.0573. The molecule has 0 saturated heterocycles. The summed E-state index contributed by atoms with van der Waals surface area (Å²) < 4.78 is 10.1. The van der Waals surface area contributed by atoms with E-state index in [1.54, 1.807) is 18.2 Å². The largest absolute Gasteiger partial charge is 0.478 e. The van der Waals surface area contributed by atoms with Gasteiger partial charge in [-0.25, -0.2) is 16.1 Å². The van der Waals surface area contributed by atoms with Gasteiger partial charge in [0.25, 0.3) is 11.8 Å². The number of nitrogens with two attached hydrogens (primary N) is 1. The number of carboxylic acid groups (broad SMARTS) is 1. The van der Waals surface area contributed by atoms with Gasteiger partial charge in [0.15, 0.2) is 5.78 Å². The van der Waals surface area contributed by atoms with Gasteiger partial charge in [-0.2, -0.15) is 5.10 Å². The smallest absolute Gasteiger partial charge is 0.433 e. The van der Waals surface area contributed by atoms with E-state index in [-0.39, 0.29) is 29.4 Å². The fraction of sp³-hybridized carbons (Fsp3) is 0.245. The zero-order valence-electron chi connectivity index (χ0n) is 38.0. The molecule has 0 spiro atoms. The van der Waals surface area contributed by atoms with Gasteiger partial charge in [-0.3, -0.25) is 40.0 Å². The highest BCUT2D eigenvalue weighted by Gasteiger charge is 2.27. The number of aliphatic carboxylic acids is 1. The topological polar surface area (TPSA) is 264 Å². The van der Waals surface area contributed by atoms with E-state index < -0.39 is 15.8 Å². The summed E-state index contributed by atoms with van der Waals surface area (Å²) in [7, 11) is 0. The van der Waals surface area contributed by atoms with Crippen LogP contribution in [0.1, 0.15) is 111 Å². The number of carbonyl (C=O) groups is 4. The number of nitro groups is 2. The number of hydrogen-bond acceptors (Lipinski definition) is 12. The standard InChI is InChI=1S/C17H15N3O4.C9H10N2O.C9H8O2.C8H7NO4.3C2H6/c21-16(10-9-12-5-2-1-3-6-12)19-18-14-7-4-8-15-13(14)11-17(24-15)20(22)23;10-11-9(12)7-6-8-4-2-1-3-5-8;10-9(11)7-6-8-4-2-1-3-5-8;10-6-2-1-3-7-5(6)4-8(13-7)9(11)12;3*1-2/h1-3,5-6,9-11H,4,7-8H2,(H,19,21);1-7H,10H2,(H,11,12);1-7H,(H,10,11);4H,1-3H2;3*1-2H3/b10-9+,18-14+;2*7-6+;;;;. The van der Waals surface area contributed by atoms with Crippen molar-refractivity contribution in [1.29, 1.82) is 0 Å². The molecule has 5 aromatic rings. The lowest BCUT2D eigenvalue weighted by atomic mass is 9.97. The Kier molecular flexibility index (Phi) is 27.6. The summed E-state index contributed by atoms with van der Waals surface area (Å²) in [4.78, 5) is 63.8. The lowest BCUT2D eigenvalue weighted by Gasteiger charge is -2.11. The molecule has 7 rings (SSSR count). The Balaban J connectivity index is 0.000000446. The van der Waals surface area contributed by atoms with Crippen molar-refractivity contribution in [2.45, 2.75) is 80.1 Å². The monoisotopic (exact) mass is 906 g/mol. The van der Waals surface area contributed by atoms with Crippen molar-refractivity contribution in [3.63, 3.8) is 0 Å². The molecule has 0 unspecified atom stereocenters. The molecule has 17 heteroatoms. The number of fused-ring (bicyclic) bond motifs is 2. The molecule has 350 valence electrons. The first-order chi connectivity index (χ1) is 31.9. The van der Waals surface area contributed by atoms with Crippen molar-refractivity contribution in [3.05, 3.63) is 181 Å². The average molecular weight is 907 g/mol. The van der Waals surface area contributed by atoms with Gasteiger partial charge in [-0.1, -0.05) is 133 Å². The second-order valence-corrected chi connectivity index (χ2v) is 12.6. The zero-order valence-corrected chi connectivity index (χ0v) is 38.0. The summed E-state index contributed by atoms with van der Waals surface area (Å²) in [5, 5.41) is 33.5. The molecule has 0 saturated carbocycles. The predicted molar refractivity (Wildman–Crippen MR) is 256 cm³/mol. The number of furan rings is 2. The number of carbonyl (C=O) groups excluding carboxylic acids is 3. The first-order valence-electron chi connectivity index (χ1n) is 21.3. The Morgan fingerprint density at radius 1 is 0.621 bits per heavy atom. The molecule has 0 bridgehead atoms. The molecule has 2 aliphatic rings. The van der Waals surface area contributed by atoms with E-state index in [4.69, 9.17) is 19.8 Å². The minimum atomic E-state index is -0.922. The average Bonchev–Trinajstić information content (AvgIpc) is 4.02. The number of hydrazine groups is 1. The van der Waals surface area contributed by atoms with E-state index in [1.165, 1.54) is 24.3 Å². The van der Waals surface area contributed by atoms with Gasteiger partial charge in [-0.15, -0.1) is 0 Å². The van der Waals surface area contributed by atoms with Gasteiger partial charge in [0.2, 0.25) is 0 Å². The molecule has 0 atom stereocenters. The maximum Gasteiger partial charge on any atom is 0.433 e. The van der Waals surface area contributed by atoms with E-state index in [0.29, 0.717) is 54.0 Å². The third kappa shape index (κ3) is 20.9. The molecule has 0 fully saturated rings. The molecule has 17 nitrogen and oxygen atoms in total. The van der Waals surface area contributed by atoms with Crippen LogP contribution in [0, 0.1) is 20.2 Å². The number of rotatable bonds is 9. The third-order valence-electron chi connectivity index (χ3n) is 8.30. The Morgan fingerprint density at radius 3 is 1.42 bits per heavy atom.